The smallest absolute Gasteiger partial charge is 0.264 e. The maximum Gasteiger partial charge on any atom is 0.264 e. The number of sulfonamides is 1. The Hall–Kier alpha value is -3.36. The molecule has 2 amide bonds. The largest absolute Gasteiger partial charge is 0.354 e. The lowest BCUT2D eigenvalue weighted by Crippen LogP contribution is -2.51. The van der Waals surface area contributed by atoms with E-state index in [2.05, 4.69) is 5.32 Å². The lowest BCUT2D eigenvalue weighted by atomic mass is 10.1. The number of hydrogen-bond donors (Lipinski definition) is 1. The van der Waals surface area contributed by atoms with Gasteiger partial charge in [-0.15, -0.1) is 0 Å². The van der Waals surface area contributed by atoms with Gasteiger partial charge in [0.25, 0.3) is 10.0 Å². The average molecular weight is 570 g/mol. The number of rotatable bonds is 12. The second-order valence-electron chi connectivity index (χ2n) is 9.55. The zero-order chi connectivity index (χ0) is 28.6. The summed E-state index contributed by atoms with van der Waals surface area (Å²) < 4.78 is 28.9. The molecule has 3 aromatic carbocycles. The second-order valence-corrected chi connectivity index (χ2v) is 11.8. The van der Waals surface area contributed by atoms with E-state index in [1.165, 1.54) is 17.0 Å². The van der Waals surface area contributed by atoms with E-state index in [4.69, 9.17) is 11.6 Å². The zero-order valence-corrected chi connectivity index (χ0v) is 24.4. The van der Waals surface area contributed by atoms with Crippen LogP contribution >= 0.6 is 11.6 Å². The number of nitrogens with zero attached hydrogens (tertiary/aromatic N) is 2. The van der Waals surface area contributed by atoms with Gasteiger partial charge in [0, 0.05) is 18.1 Å². The quantitative estimate of drug-likeness (QED) is 0.292. The molecule has 0 saturated carbocycles. The minimum Gasteiger partial charge on any atom is -0.354 e. The van der Waals surface area contributed by atoms with Crippen LogP contribution in [-0.4, -0.2) is 44.3 Å². The van der Waals surface area contributed by atoms with Crippen molar-refractivity contribution in [1.82, 2.24) is 10.2 Å². The molecule has 1 atom stereocenters. The minimum atomic E-state index is -4.10. The van der Waals surface area contributed by atoms with Crippen LogP contribution in [0.3, 0.4) is 0 Å². The first-order valence-electron chi connectivity index (χ1n) is 13.0. The number of halogens is 1. The average Bonchev–Trinajstić information content (AvgIpc) is 2.91. The van der Waals surface area contributed by atoms with E-state index in [-0.39, 0.29) is 17.3 Å². The Bertz CT molecular complexity index is 1400. The van der Waals surface area contributed by atoms with E-state index in [1.807, 2.05) is 32.9 Å². The van der Waals surface area contributed by atoms with Gasteiger partial charge in [-0.2, -0.15) is 0 Å². The summed E-state index contributed by atoms with van der Waals surface area (Å²) in [7, 11) is -4.10. The lowest BCUT2D eigenvalue weighted by Gasteiger charge is -2.32. The molecule has 0 aromatic heterocycles. The molecule has 0 unspecified atom stereocenters. The molecule has 7 nitrogen and oxygen atoms in total. The van der Waals surface area contributed by atoms with Gasteiger partial charge in [0.1, 0.15) is 12.6 Å². The highest BCUT2D eigenvalue weighted by Crippen LogP contribution is 2.28. The third-order valence-electron chi connectivity index (χ3n) is 6.53. The highest BCUT2D eigenvalue weighted by Gasteiger charge is 2.33. The SMILES string of the molecule is CCCCNC(=O)[C@@H](C)N(Cc1ccccc1Cl)C(=O)CN(c1ccc(C)cc1C)S(=O)(=O)c1ccccc1. The van der Waals surface area contributed by atoms with E-state index >= 15 is 0 Å². The summed E-state index contributed by atoms with van der Waals surface area (Å²) in [5, 5.41) is 3.33. The van der Waals surface area contributed by atoms with Gasteiger partial charge in [-0.25, -0.2) is 8.42 Å². The molecule has 3 aromatic rings. The van der Waals surface area contributed by atoms with Crippen LogP contribution in [0.2, 0.25) is 5.02 Å². The molecule has 0 radical (unpaired) electrons. The molecule has 0 spiro atoms. The number of nitrogens with one attached hydrogen (secondary N) is 1. The Morgan fingerprint density at radius 1 is 0.974 bits per heavy atom. The van der Waals surface area contributed by atoms with Crippen LogP contribution in [0, 0.1) is 13.8 Å². The van der Waals surface area contributed by atoms with E-state index < -0.39 is 28.5 Å². The number of benzene rings is 3. The Balaban J connectivity index is 2.03. The van der Waals surface area contributed by atoms with E-state index in [0.717, 1.165) is 22.7 Å². The molecule has 0 fully saturated rings. The summed E-state index contributed by atoms with van der Waals surface area (Å²) in [6.07, 6.45) is 1.73. The third-order valence-corrected chi connectivity index (χ3v) is 8.67. The van der Waals surface area contributed by atoms with Gasteiger partial charge in [-0.1, -0.05) is 79.0 Å². The number of carbonyl (C=O) groups excluding carboxylic acids is 2. The number of hydrogen-bond acceptors (Lipinski definition) is 4. The molecule has 208 valence electrons. The third kappa shape index (κ3) is 7.61. The lowest BCUT2D eigenvalue weighted by molar-refractivity contribution is -0.139. The number of aryl methyl sites for hydroxylation is 2. The molecule has 0 aliphatic heterocycles. The van der Waals surface area contributed by atoms with Crippen molar-refractivity contribution in [2.45, 2.75) is 58.0 Å². The van der Waals surface area contributed by atoms with Gasteiger partial charge in [-0.3, -0.25) is 13.9 Å². The zero-order valence-electron chi connectivity index (χ0n) is 22.9. The van der Waals surface area contributed by atoms with Gasteiger partial charge < -0.3 is 10.2 Å². The van der Waals surface area contributed by atoms with Gasteiger partial charge in [-0.05, 0) is 62.6 Å². The highest BCUT2D eigenvalue weighted by atomic mass is 35.5. The summed E-state index contributed by atoms with van der Waals surface area (Å²) in [4.78, 5) is 28.5. The van der Waals surface area contributed by atoms with Crippen LogP contribution in [0.1, 0.15) is 43.4 Å². The maximum absolute atomic E-state index is 14.0. The number of anilines is 1. The predicted molar refractivity (Wildman–Crippen MR) is 156 cm³/mol. The summed E-state index contributed by atoms with van der Waals surface area (Å²) in [5.41, 5.74) is 2.74. The Labute approximate surface area is 236 Å². The van der Waals surface area contributed by atoms with Crippen LogP contribution in [0.5, 0.6) is 0 Å². The minimum absolute atomic E-state index is 0.0486. The highest BCUT2D eigenvalue weighted by molar-refractivity contribution is 7.92. The van der Waals surface area contributed by atoms with Gasteiger partial charge in [0.15, 0.2) is 0 Å². The van der Waals surface area contributed by atoms with E-state index in [1.54, 1.807) is 55.5 Å². The van der Waals surface area contributed by atoms with Crippen LogP contribution < -0.4 is 9.62 Å². The monoisotopic (exact) mass is 569 g/mol. The summed E-state index contributed by atoms with van der Waals surface area (Å²) >= 11 is 6.40. The number of amides is 2. The van der Waals surface area contributed by atoms with E-state index in [9.17, 15) is 18.0 Å². The van der Waals surface area contributed by atoms with Crippen molar-refractivity contribution in [2.75, 3.05) is 17.4 Å². The van der Waals surface area contributed by atoms with Gasteiger partial charge in [0.2, 0.25) is 11.8 Å². The Morgan fingerprint density at radius 3 is 2.28 bits per heavy atom. The topological polar surface area (TPSA) is 86.8 Å². The van der Waals surface area contributed by atoms with Crippen LogP contribution in [0.4, 0.5) is 5.69 Å². The summed E-state index contributed by atoms with van der Waals surface area (Å²) in [5.74, 6) is -0.833. The first-order chi connectivity index (χ1) is 18.6. The van der Waals surface area contributed by atoms with Crippen molar-refractivity contribution in [3.8, 4) is 0 Å². The standard InChI is InChI=1S/C30H36ClN3O4S/c1-5-6-18-32-30(36)24(4)33(20-25-12-10-11-15-27(25)31)29(35)21-34(28-17-16-22(2)19-23(28)3)39(37,38)26-13-8-7-9-14-26/h7-17,19,24H,5-6,18,20-21H2,1-4H3,(H,32,36)/t24-/m1/s1. The molecular formula is C30H36ClN3O4S. The number of unbranched alkanes of at least 4 members (excludes halogenated alkanes) is 1. The second kappa shape index (κ2) is 13.6. The molecule has 39 heavy (non-hydrogen) atoms. The first-order valence-corrected chi connectivity index (χ1v) is 14.8. The van der Waals surface area contributed by atoms with Crippen LogP contribution in [-0.2, 0) is 26.2 Å². The Morgan fingerprint density at radius 2 is 1.64 bits per heavy atom. The van der Waals surface area contributed by atoms with Crippen LogP contribution in [0.15, 0.2) is 77.7 Å². The van der Waals surface area contributed by atoms with E-state index in [0.29, 0.717) is 28.4 Å². The van der Waals surface area contributed by atoms with Crippen molar-refractivity contribution >= 4 is 39.1 Å². The van der Waals surface area contributed by atoms with Crippen molar-refractivity contribution in [3.63, 3.8) is 0 Å². The van der Waals surface area contributed by atoms with Gasteiger partial charge in [0.05, 0.1) is 10.6 Å². The van der Waals surface area contributed by atoms with Crippen LogP contribution in [0.25, 0.3) is 0 Å². The molecule has 3 rings (SSSR count). The fourth-order valence-corrected chi connectivity index (χ4v) is 5.94. The molecule has 0 saturated heterocycles. The molecular weight excluding hydrogens is 534 g/mol. The first kappa shape index (κ1) is 30.2. The Kier molecular flexibility index (Phi) is 10.5. The maximum atomic E-state index is 14.0. The molecule has 0 aliphatic carbocycles. The normalized spacial score (nSPS) is 12.0. The van der Waals surface area contributed by atoms with Crippen molar-refractivity contribution in [3.05, 3.63) is 94.5 Å². The molecule has 0 bridgehead atoms. The summed E-state index contributed by atoms with van der Waals surface area (Å²) in [6, 6.07) is 19.6. The molecule has 9 heteroatoms. The molecule has 0 heterocycles. The van der Waals surface area contributed by atoms with Crippen molar-refractivity contribution in [1.29, 1.82) is 0 Å². The number of carbonyl (C=O) groups is 2. The summed E-state index contributed by atoms with van der Waals surface area (Å²) in [6.45, 7) is 7.45. The fourth-order valence-electron chi connectivity index (χ4n) is 4.25. The molecule has 1 N–H and O–H groups in total. The predicted octanol–water partition coefficient (Wildman–Crippen LogP) is 5.49. The molecule has 0 aliphatic rings. The van der Waals surface area contributed by atoms with Crippen molar-refractivity contribution < 1.29 is 18.0 Å². The fraction of sp³-hybridized carbons (Fsp3) is 0.333. The van der Waals surface area contributed by atoms with Gasteiger partial charge >= 0.3 is 0 Å². The van der Waals surface area contributed by atoms with Crippen molar-refractivity contribution in [2.24, 2.45) is 0 Å².